The van der Waals surface area contributed by atoms with E-state index in [9.17, 15) is 29.4 Å². The highest BCUT2D eigenvalue weighted by Gasteiger charge is 2.15. The lowest BCUT2D eigenvalue weighted by molar-refractivity contribution is -0.118. The Morgan fingerprint density at radius 3 is 1.41 bits per heavy atom. The van der Waals surface area contributed by atoms with Crippen molar-refractivity contribution < 1.29 is 29.4 Å². The van der Waals surface area contributed by atoms with Crippen LogP contribution >= 0.6 is 23.5 Å². The van der Waals surface area contributed by atoms with Crippen molar-refractivity contribution in [3.8, 4) is 0 Å². The molecule has 0 saturated heterocycles. The number of unbranched alkanes of at least 4 members (excludes halogenated alkanes) is 1. The Morgan fingerprint density at radius 1 is 0.719 bits per heavy atom. The van der Waals surface area contributed by atoms with E-state index in [2.05, 4.69) is 10.6 Å². The number of nitrogens with one attached hydrogen (secondary N) is 2. The van der Waals surface area contributed by atoms with Gasteiger partial charge >= 0.3 is 11.9 Å². The number of anilines is 2. The van der Waals surface area contributed by atoms with Gasteiger partial charge in [0.2, 0.25) is 11.8 Å². The maximum absolute atomic E-state index is 12.2. The zero-order chi connectivity index (χ0) is 23.7. The van der Waals surface area contributed by atoms with E-state index < -0.39 is 11.9 Å². The first-order valence-electron chi connectivity index (χ1n) is 9.67. The summed E-state index contributed by atoms with van der Waals surface area (Å²) in [5, 5.41) is 23.9. The zero-order valence-corrected chi connectivity index (χ0v) is 19.3. The fourth-order valence-corrected chi connectivity index (χ4v) is 3.75. The molecule has 0 atom stereocenters. The average Bonchev–Trinajstić information content (AvgIpc) is 2.77. The van der Waals surface area contributed by atoms with Crippen LogP contribution in [0.2, 0.25) is 0 Å². The maximum Gasteiger partial charge on any atom is 0.337 e. The fraction of sp³-hybridized carbons (Fsp3) is 0.273. The van der Waals surface area contributed by atoms with Gasteiger partial charge in [-0.1, -0.05) is 0 Å². The number of thioether (sulfide) groups is 2. The summed E-state index contributed by atoms with van der Waals surface area (Å²) in [5.41, 5.74) is 0.499. The number of carbonyl (C=O) groups excluding carboxylic acids is 2. The summed E-state index contributed by atoms with van der Waals surface area (Å²) >= 11 is 2.81. The molecule has 32 heavy (non-hydrogen) atoms. The molecule has 0 heterocycles. The van der Waals surface area contributed by atoms with Crippen molar-refractivity contribution in [1.82, 2.24) is 0 Å². The van der Waals surface area contributed by atoms with Crippen LogP contribution in [0.1, 0.15) is 46.4 Å². The molecule has 0 aliphatic heterocycles. The smallest absolute Gasteiger partial charge is 0.337 e. The van der Waals surface area contributed by atoms with Crippen molar-refractivity contribution in [3.63, 3.8) is 0 Å². The normalized spacial score (nSPS) is 10.4. The van der Waals surface area contributed by atoms with Gasteiger partial charge in [0, 0.05) is 22.6 Å². The summed E-state index contributed by atoms with van der Waals surface area (Å²) in [4.78, 5) is 48.7. The van der Waals surface area contributed by atoms with Crippen molar-refractivity contribution in [1.29, 1.82) is 0 Å². The van der Waals surface area contributed by atoms with E-state index in [1.807, 2.05) is 12.5 Å². The second kappa shape index (κ2) is 12.2. The first-order valence-corrected chi connectivity index (χ1v) is 12.1. The minimum atomic E-state index is -1.13. The Labute approximate surface area is 194 Å². The lowest BCUT2D eigenvalue weighted by Gasteiger charge is -2.11. The first-order chi connectivity index (χ1) is 15.2. The highest BCUT2D eigenvalue weighted by molar-refractivity contribution is 7.98. The zero-order valence-electron chi connectivity index (χ0n) is 17.6. The van der Waals surface area contributed by atoms with Crippen molar-refractivity contribution in [2.75, 3.05) is 23.1 Å². The van der Waals surface area contributed by atoms with Crippen LogP contribution < -0.4 is 10.6 Å². The highest BCUT2D eigenvalue weighted by Crippen LogP contribution is 2.25. The van der Waals surface area contributed by atoms with E-state index in [1.165, 1.54) is 35.7 Å². The third kappa shape index (κ3) is 7.31. The summed E-state index contributed by atoms with van der Waals surface area (Å²) in [6.45, 7) is 0. The SMILES string of the molecule is CSc1ccc(NC(=O)CCCCC(=O)Nc2ccc(SC)cc2C(=O)O)c(C(=O)O)c1. The number of hydrogen-bond acceptors (Lipinski definition) is 6. The van der Waals surface area contributed by atoms with Gasteiger partial charge in [-0.15, -0.1) is 23.5 Å². The molecule has 0 bridgehead atoms. The second-order valence-electron chi connectivity index (χ2n) is 6.74. The number of benzene rings is 2. The van der Waals surface area contributed by atoms with Gasteiger partial charge in [-0.3, -0.25) is 9.59 Å². The van der Waals surface area contributed by atoms with Crippen LogP contribution in [0.3, 0.4) is 0 Å². The average molecular weight is 477 g/mol. The number of amides is 2. The van der Waals surface area contributed by atoms with E-state index in [0.29, 0.717) is 12.8 Å². The minimum Gasteiger partial charge on any atom is -0.478 e. The van der Waals surface area contributed by atoms with Gasteiger partial charge in [-0.2, -0.15) is 0 Å². The number of carbonyl (C=O) groups is 4. The lowest BCUT2D eigenvalue weighted by Crippen LogP contribution is -2.16. The number of carboxylic acids is 2. The topological polar surface area (TPSA) is 133 Å². The standard InChI is InChI=1S/C22H24N2O6S2/c1-31-13-7-9-17(15(11-13)21(27)28)23-19(25)5-3-4-6-20(26)24-18-10-8-14(32-2)12-16(18)22(29)30/h7-12H,3-6H2,1-2H3,(H,23,25)(H,24,26)(H,27,28)(H,29,30). The molecule has 2 rings (SSSR count). The van der Waals surface area contributed by atoms with Crippen LogP contribution in [0, 0.1) is 0 Å². The van der Waals surface area contributed by atoms with Crippen LogP contribution in [0.4, 0.5) is 11.4 Å². The molecule has 10 heteroatoms. The largest absolute Gasteiger partial charge is 0.478 e. The molecule has 8 nitrogen and oxygen atoms in total. The third-order valence-corrected chi connectivity index (χ3v) is 5.97. The Hall–Kier alpha value is -2.98. The molecule has 0 aliphatic rings. The van der Waals surface area contributed by atoms with Crippen molar-refractivity contribution in [2.24, 2.45) is 0 Å². The quantitative estimate of drug-likeness (QED) is 0.272. The highest BCUT2D eigenvalue weighted by atomic mass is 32.2. The van der Waals surface area contributed by atoms with Gasteiger partial charge in [0.15, 0.2) is 0 Å². The molecule has 0 fully saturated rings. The summed E-state index contributed by atoms with van der Waals surface area (Å²) in [6, 6.07) is 9.59. The Balaban J connectivity index is 1.84. The van der Waals surface area contributed by atoms with Gasteiger partial charge in [-0.25, -0.2) is 9.59 Å². The molecular formula is C22H24N2O6S2. The first kappa shape index (κ1) is 25.3. The molecule has 0 aliphatic carbocycles. The lowest BCUT2D eigenvalue weighted by atomic mass is 10.1. The van der Waals surface area contributed by atoms with Crippen molar-refractivity contribution >= 4 is 58.7 Å². The molecular weight excluding hydrogens is 452 g/mol. The van der Waals surface area contributed by atoms with E-state index >= 15 is 0 Å². The number of hydrogen-bond donors (Lipinski definition) is 4. The van der Waals surface area contributed by atoms with E-state index in [1.54, 1.807) is 24.3 Å². The van der Waals surface area contributed by atoms with Gasteiger partial charge in [0.1, 0.15) is 0 Å². The second-order valence-corrected chi connectivity index (χ2v) is 8.50. The van der Waals surface area contributed by atoms with Crippen molar-refractivity contribution in [3.05, 3.63) is 47.5 Å². The van der Waals surface area contributed by atoms with Crippen LogP contribution in [0.15, 0.2) is 46.2 Å². The molecule has 0 aromatic heterocycles. The van der Waals surface area contributed by atoms with E-state index in [-0.39, 0.29) is 47.2 Å². The third-order valence-electron chi connectivity index (χ3n) is 4.52. The predicted octanol–water partition coefficient (Wildman–Crippen LogP) is 4.66. The van der Waals surface area contributed by atoms with Gasteiger partial charge in [-0.05, 0) is 61.8 Å². The van der Waals surface area contributed by atoms with Crippen LogP contribution in [-0.4, -0.2) is 46.5 Å². The molecule has 0 saturated carbocycles. The van der Waals surface area contributed by atoms with E-state index in [4.69, 9.17) is 0 Å². The molecule has 170 valence electrons. The van der Waals surface area contributed by atoms with Crippen molar-refractivity contribution in [2.45, 2.75) is 35.5 Å². The number of aromatic carboxylic acids is 2. The minimum absolute atomic E-state index is 0.0197. The van der Waals surface area contributed by atoms with Crippen LogP contribution in [0.25, 0.3) is 0 Å². The Kier molecular flexibility index (Phi) is 9.61. The van der Waals surface area contributed by atoms with Crippen LogP contribution in [0.5, 0.6) is 0 Å². The van der Waals surface area contributed by atoms with Gasteiger partial charge in [0.05, 0.1) is 22.5 Å². The fourth-order valence-electron chi connectivity index (χ4n) is 2.87. The summed E-state index contributed by atoms with van der Waals surface area (Å²) in [5.74, 6) is -2.94. The monoisotopic (exact) mass is 476 g/mol. The summed E-state index contributed by atoms with van der Waals surface area (Å²) < 4.78 is 0. The summed E-state index contributed by atoms with van der Waals surface area (Å²) in [7, 11) is 0. The van der Waals surface area contributed by atoms with E-state index in [0.717, 1.165) is 9.79 Å². The molecule has 2 aromatic rings. The number of rotatable bonds is 11. The molecule has 0 spiro atoms. The molecule has 2 amide bonds. The Morgan fingerprint density at radius 2 is 1.09 bits per heavy atom. The molecule has 0 radical (unpaired) electrons. The maximum atomic E-state index is 12.2. The number of carboxylic acid groups (broad SMARTS) is 2. The van der Waals surface area contributed by atoms with Crippen LogP contribution in [-0.2, 0) is 9.59 Å². The summed E-state index contributed by atoms with van der Waals surface area (Å²) in [6.07, 6.45) is 4.75. The Bertz CT molecular complexity index is 944. The molecule has 4 N–H and O–H groups in total. The molecule has 0 unspecified atom stereocenters. The van der Waals surface area contributed by atoms with Gasteiger partial charge in [0.25, 0.3) is 0 Å². The van der Waals surface area contributed by atoms with Gasteiger partial charge < -0.3 is 20.8 Å². The molecule has 2 aromatic carbocycles. The predicted molar refractivity (Wildman–Crippen MR) is 126 cm³/mol.